The Morgan fingerprint density at radius 1 is 1.26 bits per heavy atom. The second kappa shape index (κ2) is 10.2. The number of hydrogen-bond acceptors (Lipinski definition) is 3. The molecule has 1 aliphatic heterocycles. The number of nitrogens with one attached hydrogen (secondary N) is 2. The first-order chi connectivity index (χ1) is 13.2. The van der Waals surface area contributed by atoms with Crippen molar-refractivity contribution in [3.05, 3.63) is 28.8 Å². The summed E-state index contributed by atoms with van der Waals surface area (Å²) in [5, 5.41) is 7.67. The van der Waals surface area contributed by atoms with Crippen LogP contribution >= 0.6 is 11.6 Å². The molecule has 1 aromatic carbocycles. The summed E-state index contributed by atoms with van der Waals surface area (Å²) in [5.41, 5.74) is 2.55. The van der Waals surface area contributed by atoms with Crippen molar-refractivity contribution in [3.63, 3.8) is 0 Å². The average Bonchev–Trinajstić information content (AvgIpc) is 3.38. The van der Waals surface area contributed by atoms with Crippen LogP contribution in [0.5, 0.6) is 0 Å². The van der Waals surface area contributed by atoms with Crippen LogP contribution in [0.3, 0.4) is 0 Å². The molecule has 1 saturated carbocycles. The molecule has 0 bridgehead atoms. The van der Waals surface area contributed by atoms with E-state index in [1.165, 1.54) is 30.5 Å². The number of rotatable bonds is 9. The minimum absolute atomic E-state index is 0.615. The predicted molar refractivity (Wildman–Crippen MR) is 114 cm³/mol. The van der Waals surface area contributed by atoms with E-state index in [0.717, 1.165) is 62.7 Å². The molecule has 0 amide bonds. The highest BCUT2D eigenvalue weighted by atomic mass is 35.5. The number of aryl methyl sites for hydroxylation is 1. The molecule has 0 aromatic heterocycles. The Bertz CT molecular complexity index is 633. The standard InChI is InChI=1S/C21H33ClN4O/c1-16-4-7-19(22)12-20(16)26-10-8-18(14-26)13-25-21(23-2)24-9-3-11-27-15-17-5-6-17/h4,7,12,17-18H,3,5-6,8-11,13-15H2,1-2H3,(H2,23,24,25). The van der Waals surface area contributed by atoms with Crippen molar-refractivity contribution in [1.29, 1.82) is 0 Å². The average molecular weight is 393 g/mol. The second-order valence-electron chi connectivity index (χ2n) is 7.78. The first-order valence-electron chi connectivity index (χ1n) is 10.2. The van der Waals surface area contributed by atoms with Crippen molar-refractivity contribution < 1.29 is 4.74 Å². The number of aliphatic imine (C=N–C) groups is 1. The van der Waals surface area contributed by atoms with E-state index in [0.29, 0.717) is 5.92 Å². The fourth-order valence-corrected chi connectivity index (χ4v) is 3.68. The van der Waals surface area contributed by atoms with Crippen molar-refractivity contribution in [3.8, 4) is 0 Å². The van der Waals surface area contributed by atoms with Gasteiger partial charge in [-0.1, -0.05) is 17.7 Å². The highest BCUT2D eigenvalue weighted by Crippen LogP contribution is 2.29. The summed E-state index contributed by atoms with van der Waals surface area (Å²) in [6, 6.07) is 6.14. The number of nitrogens with zero attached hydrogens (tertiary/aromatic N) is 2. The molecule has 27 heavy (non-hydrogen) atoms. The van der Waals surface area contributed by atoms with Crippen molar-refractivity contribution in [2.75, 3.05) is 51.3 Å². The summed E-state index contributed by atoms with van der Waals surface area (Å²) in [6.07, 6.45) is 4.90. The van der Waals surface area contributed by atoms with E-state index >= 15 is 0 Å². The van der Waals surface area contributed by atoms with Crippen molar-refractivity contribution in [2.45, 2.75) is 32.6 Å². The van der Waals surface area contributed by atoms with Crippen LogP contribution in [0.2, 0.25) is 5.02 Å². The quantitative estimate of drug-likeness (QED) is 0.384. The Kier molecular flexibility index (Phi) is 7.65. The molecule has 6 heteroatoms. The molecule has 1 aliphatic carbocycles. The molecule has 1 unspecified atom stereocenters. The van der Waals surface area contributed by atoms with Gasteiger partial charge in [0.2, 0.25) is 0 Å². The van der Waals surface area contributed by atoms with Gasteiger partial charge in [-0.15, -0.1) is 0 Å². The molecule has 3 rings (SSSR count). The maximum Gasteiger partial charge on any atom is 0.190 e. The van der Waals surface area contributed by atoms with Crippen LogP contribution in [-0.2, 0) is 4.74 Å². The number of anilines is 1. The van der Waals surface area contributed by atoms with Gasteiger partial charge in [-0.2, -0.15) is 0 Å². The summed E-state index contributed by atoms with van der Waals surface area (Å²) in [4.78, 5) is 6.78. The van der Waals surface area contributed by atoms with Crippen LogP contribution in [0.1, 0.15) is 31.2 Å². The van der Waals surface area contributed by atoms with Crippen LogP contribution in [-0.4, -0.2) is 52.4 Å². The Balaban J connectivity index is 1.33. The van der Waals surface area contributed by atoms with Gasteiger partial charge in [-0.25, -0.2) is 0 Å². The lowest BCUT2D eigenvalue weighted by Gasteiger charge is -2.21. The molecule has 0 spiro atoms. The van der Waals surface area contributed by atoms with Crippen LogP contribution in [0.4, 0.5) is 5.69 Å². The molecule has 1 atom stereocenters. The molecule has 1 heterocycles. The van der Waals surface area contributed by atoms with Crippen LogP contribution < -0.4 is 15.5 Å². The third kappa shape index (κ3) is 6.58. The van der Waals surface area contributed by atoms with Crippen LogP contribution in [0, 0.1) is 18.8 Å². The summed E-state index contributed by atoms with van der Waals surface area (Å²) >= 11 is 6.18. The van der Waals surface area contributed by atoms with Gasteiger partial charge in [-0.3, -0.25) is 4.99 Å². The fourth-order valence-electron chi connectivity index (χ4n) is 3.52. The maximum atomic E-state index is 6.18. The third-order valence-corrected chi connectivity index (χ3v) is 5.62. The van der Waals surface area contributed by atoms with Gasteiger partial charge >= 0.3 is 0 Å². The van der Waals surface area contributed by atoms with Crippen molar-refractivity contribution in [1.82, 2.24) is 10.6 Å². The molecule has 1 saturated heterocycles. The van der Waals surface area contributed by atoms with Crippen molar-refractivity contribution in [2.24, 2.45) is 16.8 Å². The first-order valence-corrected chi connectivity index (χ1v) is 10.6. The van der Waals surface area contributed by atoms with Gasteiger partial charge in [0.15, 0.2) is 5.96 Å². The lowest BCUT2D eigenvalue weighted by Crippen LogP contribution is -2.40. The van der Waals surface area contributed by atoms with Gasteiger partial charge in [0, 0.05) is 57.2 Å². The van der Waals surface area contributed by atoms with Gasteiger partial charge in [0.1, 0.15) is 0 Å². The third-order valence-electron chi connectivity index (χ3n) is 5.39. The zero-order chi connectivity index (χ0) is 19.1. The minimum Gasteiger partial charge on any atom is -0.381 e. The Morgan fingerprint density at radius 2 is 2.11 bits per heavy atom. The molecule has 2 aliphatic rings. The number of guanidine groups is 1. The van der Waals surface area contributed by atoms with Crippen LogP contribution in [0.15, 0.2) is 23.2 Å². The highest BCUT2D eigenvalue weighted by Gasteiger charge is 2.24. The predicted octanol–water partition coefficient (Wildman–Crippen LogP) is 3.46. The van der Waals surface area contributed by atoms with Gasteiger partial charge in [0.25, 0.3) is 0 Å². The number of ether oxygens (including phenoxy) is 1. The Hall–Kier alpha value is -1.46. The molecule has 2 N–H and O–H groups in total. The zero-order valence-corrected chi connectivity index (χ0v) is 17.4. The Labute approximate surface area is 168 Å². The molecule has 1 aromatic rings. The van der Waals surface area contributed by atoms with Gasteiger partial charge in [-0.05, 0) is 62.1 Å². The summed E-state index contributed by atoms with van der Waals surface area (Å²) in [7, 11) is 1.83. The number of halogens is 1. The summed E-state index contributed by atoms with van der Waals surface area (Å²) in [6.45, 7) is 7.89. The zero-order valence-electron chi connectivity index (χ0n) is 16.6. The highest BCUT2D eigenvalue weighted by molar-refractivity contribution is 6.30. The normalized spacial score (nSPS) is 20.2. The van der Waals surface area contributed by atoms with Gasteiger partial charge < -0.3 is 20.3 Å². The SMILES string of the molecule is CN=C(NCCCOCC1CC1)NCC1CCN(c2cc(Cl)ccc2C)C1. The van der Waals surface area contributed by atoms with Gasteiger partial charge in [0.05, 0.1) is 0 Å². The molecule has 5 nitrogen and oxygen atoms in total. The van der Waals surface area contributed by atoms with E-state index in [4.69, 9.17) is 16.3 Å². The van der Waals surface area contributed by atoms with Crippen LogP contribution in [0.25, 0.3) is 0 Å². The smallest absolute Gasteiger partial charge is 0.190 e. The van der Waals surface area contributed by atoms with Crippen molar-refractivity contribution >= 4 is 23.2 Å². The topological polar surface area (TPSA) is 48.9 Å². The van der Waals surface area contributed by atoms with E-state index in [9.17, 15) is 0 Å². The number of benzene rings is 1. The van der Waals surface area contributed by atoms with E-state index < -0.39 is 0 Å². The maximum absolute atomic E-state index is 6.18. The number of hydrogen-bond donors (Lipinski definition) is 2. The van der Waals surface area contributed by atoms with E-state index in [1.807, 2.05) is 13.1 Å². The molecule has 2 fully saturated rings. The second-order valence-corrected chi connectivity index (χ2v) is 8.22. The molecular weight excluding hydrogens is 360 g/mol. The lowest BCUT2D eigenvalue weighted by molar-refractivity contribution is 0.123. The largest absolute Gasteiger partial charge is 0.381 e. The van der Waals surface area contributed by atoms with E-state index in [2.05, 4.69) is 39.6 Å². The lowest BCUT2D eigenvalue weighted by atomic mass is 10.1. The molecule has 0 radical (unpaired) electrons. The monoisotopic (exact) mass is 392 g/mol. The Morgan fingerprint density at radius 3 is 2.89 bits per heavy atom. The summed E-state index contributed by atoms with van der Waals surface area (Å²) < 4.78 is 5.67. The minimum atomic E-state index is 0.615. The molecule has 150 valence electrons. The molecular formula is C21H33ClN4O. The van der Waals surface area contributed by atoms with E-state index in [1.54, 1.807) is 0 Å². The van der Waals surface area contributed by atoms with E-state index in [-0.39, 0.29) is 0 Å². The first kappa shape index (κ1) is 20.3. The fraction of sp³-hybridized carbons (Fsp3) is 0.667. The summed E-state index contributed by atoms with van der Waals surface area (Å²) in [5.74, 6) is 2.34.